The maximum absolute atomic E-state index is 9.94. The molecule has 17 heavy (non-hydrogen) atoms. The summed E-state index contributed by atoms with van der Waals surface area (Å²) in [5.74, 6) is 0.316. The van der Waals surface area contributed by atoms with Gasteiger partial charge in [-0.3, -0.25) is 5.21 Å². The quantitative estimate of drug-likeness (QED) is 0.509. The Kier molecular flexibility index (Phi) is 3.74. The summed E-state index contributed by atoms with van der Waals surface area (Å²) in [6.45, 7) is 0. The second-order valence-corrected chi connectivity index (χ2v) is 3.81. The minimum Gasteiger partial charge on any atom is -0.369 e. The number of aromatic nitrogens is 2. The molecule has 1 aromatic heterocycles. The van der Waals surface area contributed by atoms with Crippen molar-refractivity contribution >= 4 is 38.2 Å². The zero-order valence-electron chi connectivity index (χ0n) is 8.71. The first-order valence-electron chi connectivity index (χ1n) is 4.75. The topological polar surface area (TPSA) is 61.3 Å². The molecule has 0 fully saturated rings. The third kappa shape index (κ3) is 2.82. The van der Waals surface area contributed by atoms with Gasteiger partial charge in [-0.25, -0.2) is 10.0 Å². The van der Waals surface area contributed by atoms with E-state index in [0.29, 0.717) is 11.5 Å². The number of nitrogens with zero attached hydrogens (tertiary/aromatic N) is 3. The van der Waals surface area contributed by atoms with Crippen LogP contribution in [0.15, 0.2) is 36.5 Å². The molecule has 0 aliphatic heterocycles. The van der Waals surface area contributed by atoms with E-state index >= 15 is 0 Å². The molecule has 7 heteroatoms. The predicted octanol–water partition coefficient (Wildman–Crippen LogP) is 2.86. The first kappa shape index (κ1) is 12.0. The molecular formula is C10H10ClN4OP. The molecule has 5 nitrogen and oxygen atoms in total. The predicted molar refractivity (Wildman–Crippen MR) is 70.7 cm³/mol. The lowest BCUT2D eigenvalue weighted by Crippen LogP contribution is -2.12. The van der Waals surface area contributed by atoms with Gasteiger partial charge in [-0.15, -0.1) is 0 Å². The van der Waals surface area contributed by atoms with Crippen molar-refractivity contribution in [2.45, 2.75) is 0 Å². The molecule has 88 valence electrons. The molecule has 1 heterocycles. The third-order valence-electron chi connectivity index (χ3n) is 2.11. The molecule has 1 unspecified atom stereocenters. The first-order chi connectivity index (χ1) is 8.20. The standard InChI is InChI=1S/C10H10ClN4OP/c11-10-12-6-5-9(13-10)15(16)8-3-1-7(14-17)2-4-8/h1-6,14,16H,17H2. The Morgan fingerprint density at radius 3 is 2.53 bits per heavy atom. The van der Waals surface area contributed by atoms with Crippen LogP contribution in [0.1, 0.15) is 0 Å². The molecular weight excluding hydrogens is 259 g/mol. The largest absolute Gasteiger partial charge is 0.369 e. The van der Waals surface area contributed by atoms with Crippen LogP contribution in [0.2, 0.25) is 5.28 Å². The van der Waals surface area contributed by atoms with Crippen molar-refractivity contribution in [2.75, 3.05) is 10.2 Å². The molecule has 2 rings (SSSR count). The first-order valence-corrected chi connectivity index (χ1v) is 5.70. The fourth-order valence-electron chi connectivity index (χ4n) is 1.28. The van der Waals surface area contributed by atoms with E-state index in [2.05, 4.69) is 24.4 Å². The lowest BCUT2D eigenvalue weighted by Gasteiger charge is -2.15. The van der Waals surface area contributed by atoms with Crippen LogP contribution in [-0.2, 0) is 0 Å². The smallest absolute Gasteiger partial charge is 0.224 e. The van der Waals surface area contributed by atoms with Crippen LogP contribution in [0.3, 0.4) is 0 Å². The van der Waals surface area contributed by atoms with Crippen LogP contribution in [0.25, 0.3) is 0 Å². The van der Waals surface area contributed by atoms with E-state index in [1.54, 1.807) is 18.2 Å². The van der Waals surface area contributed by atoms with Gasteiger partial charge in [0.2, 0.25) is 5.28 Å². The van der Waals surface area contributed by atoms with E-state index in [4.69, 9.17) is 11.6 Å². The van der Waals surface area contributed by atoms with E-state index in [0.717, 1.165) is 10.8 Å². The fourth-order valence-corrected chi connectivity index (χ4v) is 1.61. The van der Waals surface area contributed by atoms with Gasteiger partial charge in [0, 0.05) is 18.0 Å². The molecule has 0 saturated heterocycles. The van der Waals surface area contributed by atoms with Crippen LogP contribution in [0, 0.1) is 0 Å². The SMILES string of the molecule is ON(c1ccc(NP)cc1)c1ccnc(Cl)n1. The van der Waals surface area contributed by atoms with Crippen LogP contribution < -0.4 is 10.2 Å². The van der Waals surface area contributed by atoms with Crippen molar-refractivity contribution in [3.8, 4) is 0 Å². The highest BCUT2D eigenvalue weighted by molar-refractivity contribution is 7.18. The van der Waals surface area contributed by atoms with Crippen LogP contribution in [0.5, 0.6) is 0 Å². The Balaban J connectivity index is 2.27. The molecule has 0 radical (unpaired) electrons. The number of nitrogens with one attached hydrogen (secondary N) is 1. The number of anilines is 3. The van der Waals surface area contributed by atoms with Gasteiger partial charge >= 0.3 is 0 Å². The van der Waals surface area contributed by atoms with Crippen molar-refractivity contribution in [3.05, 3.63) is 41.8 Å². The summed E-state index contributed by atoms with van der Waals surface area (Å²) in [5, 5.41) is 13.9. The van der Waals surface area contributed by atoms with Gasteiger partial charge in [0.05, 0.1) is 5.69 Å². The second kappa shape index (κ2) is 5.27. The molecule has 0 saturated carbocycles. The Bertz CT molecular complexity index is 508. The highest BCUT2D eigenvalue weighted by Gasteiger charge is 2.08. The van der Waals surface area contributed by atoms with E-state index < -0.39 is 0 Å². The monoisotopic (exact) mass is 268 g/mol. The summed E-state index contributed by atoms with van der Waals surface area (Å²) in [7, 11) is 2.40. The normalized spacial score (nSPS) is 10.1. The Morgan fingerprint density at radius 2 is 1.94 bits per heavy atom. The molecule has 2 aromatic rings. The van der Waals surface area contributed by atoms with Gasteiger partial charge in [0.25, 0.3) is 0 Å². The lowest BCUT2D eigenvalue weighted by molar-refractivity contribution is 0.297. The third-order valence-corrected chi connectivity index (χ3v) is 2.62. The van der Waals surface area contributed by atoms with E-state index in [-0.39, 0.29) is 5.28 Å². The number of rotatable bonds is 3. The molecule has 0 aliphatic rings. The molecule has 1 aromatic carbocycles. The highest BCUT2D eigenvalue weighted by Crippen LogP contribution is 2.23. The zero-order chi connectivity index (χ0) is 12.3. The van der Waals surface area contributed by atoms with Crippen molar-refractivity contribution in [2.24, 2.45) is 0 Å². The van der Waals surface area contributed by atoms with Crippen molar-refractivity contribution in [1.82, 2.24) is 9.97 Å². The van der Waals surface area contributed by atoms with Gasteiger partial charge in [-0.2, -0.15) is 4.98 Å². The van der Waals surface area contributed by atoms with Gasteiger partial charge in [-0.05, 0) is 45.3 Å². The Morgan fingerprint density at radius 1 is 1.24 bits per heavy atom. The van der Waals surface area contributed by atoms with Gasteiger partial charge < -0.3 is 5.09 Å². The Hall–Kier alpha value is -1.42. The summed E-state index contributed by atoms with van der Waals surface area (Å²) in [6, 6.07) is 8.72. The summed E-state index contributed by atoms with van der Waals surface area (Å²) in [4.78, 5) is 7.65. The molecule has 1 atom stereocenters. The number of hydrogen-bond donors (Lipinski definition) is 2. The number of halogens is 1. The lowest BCUT2D eigenvalue weighted by atomic mass is 10.3. The molecule has 0 aliphatic carbocycles. The van der Waals surface area contributed by atoms with Crippen LogP contribution in [0.4, 0.5) is 17.2 Å². The summed E-state index contributed by atoms with van der Waals surface area (Å²) < 4.78 is 0. The van der Waals surface area contributed by atoms with Gasteiger partial charge in [0.1, 0.15) is 0 Å². The van der Waals surface area contributed by atoms with E-state index in [1.165, 1.54) is 6.20 Å². The minimum atomic E-state index is 0.0878. The van der Waals surface area contributed by atoms with Crippen molar-refractivity contribution < 1.29 is 5.21 Å². The number of benzene rings is 1. The Labute approximate surface area is 106 Å². The highest BCUT2D eigenvalue weighted by atomic mass is 35.5. The number of hydrogen-bond acceptors (Lipinski definition) is 5. The van der Waals surface area contributed by atoms with Crippen molar-refractivity contribution in [1.29, 1.82) is 0 Å². The van der Waals surface area contributed by atoms with E-state index in [9.17, 15) is 5.21 Å². The second-order valence-electron chi connectivity index (χ2n) is 3.19. The average Bonchev–Trinajstić information content (AvgIpc) is 2.38. The molecule has 2 N–H and O–H groups in total. The maximum Gasteiger partial charge on any atom is 0.224 e. The molecule has 0 bridgehead atoms. The van der Waals surface area contributed by atoms with Gasteiger partial charge in [-0.1, -0.05) is 0 Å². The summed E-state index contributed by atoms with van der Waals surface area (Å²) >= 11 is 5.65. The van der Waals surface area contributed by atoms with Crippen LogP contribution >= 0.6 is 21.0 Å². The zero-order valence-corrected chi connectivity index (χ0v) is 10.6. The average molecular weight is 269 g/mol. The summed E-state index contributed by atoms with van der Waals surface area (Å²) in [5.41, 5.74) is 1.51. The maximum atomic E-state index is 9.94. The van der Waals surface area contributed by atoms with Crippen molar-refractivity contribution in [3.63, 3.8) is 0 Å². The van der Waals surface area contributed by atoms with Gasteiger partial charge in [0.15, 0.2) is 5.82 Å². The molecule has 0 amide bonds. The van der Waals surface area contributed by atoms with E-state index in [1.807, 2.05) is 12.1 Å². The van der Waals surface area contributed by atoms with Crippen LogP contribution in [-0.4, -0.2) is 15.2 Å². The minimum absolute atomic E-state index is 0.0878. The molecule has 0 spiro atoms. The summed E-state index contributed by atoms with van der Waals surface area (Å²) in [6.07, 6.45) is 1.48. The fraction of sp³-hybridized carbons (Fsp3) is 0.